The van der Waals surface area contributed by atoms with E-state index in [0.29, 0.717) is 0 Å². The van der Waals surface area contributed by atoms with Gasteiger partial charge in [-0.05, 0) is 35.0 Å². The summed E-state index contributed by atoms with van der Waals surface area (Å²) < 4.78 is 0. The first-order valence-corrected chi connectivity index (χ1v) is 8.97. The fraction of sp³-hybridized carbons (Fsp3) is 0. The summed E-state index contributed by atoms with van der Waals surface area (Å²) in [7, 11) is -0.642. The predicted molar refractivity (Wildman–Crippen MR) is 105 cm³/mol. The van der Waals surface area contributed by atoms with Gasteiger partial charge in [-0.25, -0.2) is 0 Å². The zero-order chi connectivity index (χ0) is 16.1. The molecule has 0 aliphatic carbocycles. The maximum atomic E-state index is 3.99. The van der Waals surface area contributed by atoms with E-state index in [1.807, 2.05) is 12.2 Å². The molecule has 0 unspecified atom stereocenters. The lowest BCUT2D eigenvalue weighted by atomic mass is 10.2. The van der Waals surface area contributed by atoms with E-state index in [-0.39, 0.29) is 0 Å². The molecule has 0 spiro atoms. The van der Waals surface area contributed by atoms with Crippen LogP contribution in [0.1, 0.15) is 11.1 Å². The molecule has 0 amide bonds. The van der Waals surface area contributed by atoms with Gasteiger partial charge in [-0.2, -0.15) is 0 Å². The lowest BCUT2D eigenvalue weighted by Gasteiger charge is -2.23. The quantitative estimate of drug-likeness (QED) is 0.597. The number of rotatable bonds is 5. The van der Waals surface area contributed by atoms with Gasteiger partial charge >= 0.3 is 0 Å². The summed E-state index contributed by atoms with van der Waals surface area (Å²) in [4.78, 5) is 0. The molecule has 0 aliphatic heterocycles. The summed E-state index contributed by atoms with van der Waals surface area (Å²) in [6, 6.07) is 27.8. The van der Waals surface area contributed by atoms with Crippen molar-refractivity contribution in [1.82, 2.24) is 0 Å². The monoisotopic (exact) mass is 314 g/mol. The maximum absolute atomic E-state index is 3.99. The molecule has 0 nitrogen and oxygen atoms in total. The normalized spacial score (nSPS) is 10.5. The molecular weight excluding hydrogens is 295 g/mol. The number of hydrogen-bond acceptors (Lipinski definition) is 0. The Labute approximate surface area is 139 Å². The molecule has 112 valence electrons. The molecule has 0 radical (unpaired) electrons. The Balaban J connectivity index is 2.27. The third-order valence-electron chi connectivity index (χ3n) is 3.81. The molecule has 3 aromatic rings. The van der Waals surface area contributed by atoms with Crippen molar-refractivity contribution in [3.63, 3.8) is 0 Å². The lowest BCUT2D eigenvalue weighted by molar-refractivity contribution is 1.70. The van der Waals surface area contributed by atoms with Gasteiger partial charge in [0.25, 0.3) is 0 Å². The highest BCUT2D eigenvalue weighted by atomic mass is 31.1. The fourth-order valence-electron chi connectivity index (χ4n) is 2.71. The Morgan fingerprint density at radius 2 is 1.00 bits per heavy atom. The van der Waals surface area contributed by atoms with Gasteiger partial charge in [-0.3, -0.25) is 0 Å². The van der Waals surface area contributed by atoms with E-state index in [9.17, 15) is 0 Å². The third kappa shape index (κ3) is 3.18. The maximum Gasteiger partial charge on any atom is -0.00787 e. The van der Waals surface area contributed by atoms with Crippen LogP contribution >= 0.6 is 7.92 Å². The second-order valence-corrected chi connectivity index (χ2v) is 7.35. The largest absolute Gasteiger partial charge is 0.0984 e. The van der Waals surface area contributed by atoms with Crippen LogP contribution in [0.3, 0.4) is 0 Å². The van der Waals surface area contributed by atoms with Gasteiger partial charge in [0.1, 0.15) is 0 Å². The summed E-state index contributed by atoms with van der Waals surface area (Å²) in [5.41, 5.74) is 2.39. The van der Waals surface area contributed by atoms with Crippen molar-refractivity contribution in [1.29, 1.82) is 0 Å². The minimum Gasteiger partial charge on any atom is -0.0984 e. The first-order chi connectivity index (χ1) is 11.3. The summed E-state index contributed by atoms with van der Waals surface area (Å²) in [6.45, 7) is 7.99. The Kier molecular flexibility index (Phi) is 4.86. The topological polar surface area (TPSA) is 0 Å². The molecule has 0 saturated heterocycles. The Bertz CT molecular complexity index is 767. The van der Waals surface area contributed by atoms with E-state index >= 15 is 0 Å². The fourth-order valence-corrected chi connectivity index (χ4v) is 5.32. The summed E-state index contributed by atoms with van der Waals surface area (Å²) in [5, 5.41) is 4.00. The molecule has 3 rings (SSSR count). The molecule has 1 heteroatoms. The van der Waals surface area contributed by atoms with Crippen LogP contribution in [-0.2, 0) is 0 Å². The number of hydrogen-bond donors (Lipinski definition) is 0. The molecule has 0 fully saturated rings. The van der Waals surface area contributed by atoms with Crippen molar-refractivity contribution in [3.8, 4) is 0 Å². The highest BCUT2D eigenvalue weighted by molar-refractivity contribution is 7.80. The van der Waals surface area contributed by atoms with Gasteiger partial charge in [-0.1, -0.05) is 104 Å². The van der Waals surface area contributed by atoms with Crippen LogP contribution < -0.4 is 15.9 Å². The van der Waals surface area contributed by atoms with Gasteiger partial charge in [0, 0.05) is 0 Å². The van der Waals surface area contributed by atoms with Crippen LogP contribution in [0, 0.1) is 0 Å². The van der Waals surface area contributed by atoms with Crippen molar-refractivity contribution in [2.24, 2.45) is 0 Å². The van der Waals surface area contributed by atoms with Crippen molar-refractivity contribution in [2.45, 2.75) is 0 Å². The first-order valence-electron chi connectivity index (χ1n) is 7.63. The predicted octanol–water partition coefficient (Wildman–Crippen LogP) is 4.73. The molecule has 0 N–H and O–H groups in total. The van der Waals surface area contributed by atoms with Gasteiger partial charge in [0.2, 0.25) is 0 Å². The second kappa shape index (κ2) is 7.22. The van der Waals surface area contributed by atoms with E-state index in [1.165, 1.54) is 27.0 Å². The van der Waals surface area contributed by atoms with Crippen LogP contribution in [0.25, 0.3) is 12.2 Å². The highest BCUT2D eigenvalue weighted by Gasteiger charge is 2.20. The van der Waals surface area contributed by atoms with Gasteiger partial charge in [-0.15, -0.1) is 0 Å². The lowest BCUT2D eigenvalue weighted by Crippen LogP contribution is -2.23. The minimum atomic E-state index is -0.642. The minimum absolute atomic E-state index is 0.642. The Morgan fingerprint density at radius 3 is 1.48 bits per heavy atom. The summed E-state index contributed by atoms with van der Waals surface area (Å²) in [6.07, 6.45) is 3.90. The molecule has 0 saturated carbocycles. The zero-order valence-corrected chi connectivity index (χ0v) is 13.9. The molecule has 0 aromatic heterocycles. The van der Waals surface area contributed by atoms with Crippen LogP contribution in [0.15, 0.2) is 92.0 Å². The smallest absolute Gasteiger partial charge is 0.00787 e. The van der Waals surface area contributed by atoms with Crippen LogP contribution in [0.2, 0.25) is 0 Å². The highest BCUT2D eigenvalue weighted by Crippen LogP contribution is 2.35. The molecule has 23 heavy (non-hydrogen) atoms. The van der Waals surface area contributed by atoms with E-state index in [4.69, 9.17) is 0 Å². The average Bonchev–Trinajstić information content (AvgIpc) is 2.64. The molecule has 0 aliphatic rings. The Morgan fingerprint density at radius 1 is 0.565 bits per heavy atom. The van der Waals surface area contributed by atoms with Crippen molar-refractivity contribution in [2.75, 3.05) is 0 Å². The summed E-state index contributed by atoms with van der Waals surface area (Å²) in [5.74, 6) is 0. The number of benzene rings is 3. The standard InChI is InChI=1S/C22H19P/c1-3-18-12-8-10-16-21(18)23(20-14-6-5-7-15-20)22-17-11-9-13-19(22)4-2/h3-17H,1-2H2. The van der Waals surface area contributed by atoms with E-state index in [2.05, 4.69) is 92.0 Å². The molecule has 0 heterocycles. The van der Waals surface area contributed by atoms with Crippen molar-refractivity contribution < 1.29 is 0 Å². The second-order valence-electron chi connectivity index (χ2n) is 5.20. The first kappa shape index (κ1) is 15.5. The van der Waals surface area contributed by atoms with Crippen LogP contribution in [0.5, 0.6) is 0 Å². The van der Waals surface area contributed by atoms with Gasteiger partial charge in [0.15, 0.2) is 0 Å². The molecular formula is C22H19P. The molecule has 0 bridgehead atoms. The van der Waals surface area contributed by atoms with Crippen molar-refractivity contribution >= 4 is 36.0 Å². The van der Waals surface area contributed by atoms with E-state index in [1.54, 1.807) is 0 Å². The van der Waals surface area contributed by atoms with E-state index < -0.39 is 7.92 Å². The summed E-state index contributed by atoms with van der Waals surface area (Å²) >= 11 is 0. The van der Waals surface area contributed by atoms with Gasteiger partial charge in [0.05, 0.1) is 0 Å². The van der Waals surface area contributed by atoms with Crippen LogP contribution in [-0.4, -0.2) is 0 Å². The average molecular weight is 314 g/mol. The van der Waals surface area contributed by atoms with Crippen molar-refractivity contribution in [3.05, 3.63) is 103 Å². The third-order valence-corrected chi connectivity index (χ3v) is 6.40. The SMILES string of the molecule is C=Cc1ccccc1P(c1ccccc1)c1ccccc1C=C. The molecule has 3 aromatic carbocycles. The Hall–Kier alpha value is -2.43. The van der Waals surface area contributed by atoms with Crippen LogP contribution in [0.4, 0.5) is 0 Å². The zero-order valence-electron chi connectivity index (χ0n) is 13.0. The van der Waals surface area contributed by atoms with Gasteiger partial charge < -0.3 is 0 Å². The van der Waals surface area contributed by atoms with E-state index in [0.717, 1.165) is 0 Å². The molecule has 0 atom stereocenters.